The quantitative estimate of drug-likeness (QED) is 0.566. The average molecular weight is 517 g/mol. The predicted octanol–water partition coefficient (Wildman–Crippen LogP) is 3.38. The molecule has 0 saturated heterocycles. The van der Waals surface area contributed by atoms with Crippen LogP contribution in [-0.2, 0) is 32.2 Å². The van der Waals surface area contributed by atoms with Gasteiger partial charge in [0.1, 0.15) is 0 Å². The third-order valence-corrected chi connectivity index (χ3v) is 9.60. The Morgan fingerprint density at radius 1 is 1.00 bits per heavy atom. The van der Waals surface area contributed by atoms with Gasteiger partial charge < -0.3 is 0 Å². The van der Waals surface area contributed by atoms with Crippen molar-refractivity contribution in [3.63, 3.8) is 0 Å². The van der Waals surface area contributed by atoms with E-state index in [1.165, 1.54) is 18.2 Å². The van der Waals surface area contributed by atoms with Crippen molar-refractivity contribution in [3.8, 4) is 0 Å². The SMILES string of the molecule is CC(=O)OI(OC(C)=O)c1ccc2c(c1)N(S(=O)(=O)c1ccc(C)cc1)CC2. The molecule has 0 fully saturated rings. The molecule has 0 bridgehead atoms. The van der Waals surface area contributed by atoms with Crippen LogP contribution >= 0.6 is 20.6 Å². The Kier molecular flexibility index (Phi) is 5.94. The van der Waals surface area contributed by atoms with Gasteiger partial charge in [0.2, 0.25) is 0 Å². The molecule has 7 nitrogen and oxygen atoms in total. The summed E-state index contributed by atoms with van der Waals surface area (Å²) in [6, 6.07) is 11.9. The first-order valence-electron chi connectivity index (χ1n) is 8.49. The summed E-state index contributed by atoms with van der Waals surface area (Å²) in [4.78, 5) is 23.0. The Bertz CT molecular complexity index is 1000. The van der Waals surface area contributed by atoms with Crippen molar-refractivity contribution >= 4 is 48.3 Å². The van der Waals surface area contributed by atoms with Gasteiger partial charge in [0.15, 0.2) is 0 Å². The number of benzene rings is 2. The zero-order valence-corrected chi connectivity index (χ0v) is 18.6. The van der Waals surface area contributed by atoms with E-state index in [9.17, 15) is 18.0 Å². The van der Waals surface area contributed by atoms with Crippen molar-refractivity contribution in [1.82, 2.24) is 0 Å². The number of fused-ring (bicyclic) bond motifs is 1. The van der Waals surface area contributed by atoms with E-state index >= 15 is 0 Å². The summed E-state index contributed by atoms with van der Waals surface area (Å²) in [5.74, 6) is -1.09. The third-order valence-electron chi connectivity index (χ3n) is 4.04. The topological polar surface area (TPSA) is 90.0 Å². The summed E-state index contributed by atoms with van der Waals surface area (Å²) in [6.07, 6.45) is 0.579. The van der Waals surface area contributed by atoms with Crippen LogP contribution < -0.4 is 4.31 Å². The molecule has 0 amide bonds. The van der Waals surface area contributed by atoms with Gasteiger partial charge in [0.05, 0.1) is 0 Å². The monoisotopic (exact) mass is 517 g/mol. The summed E-state index contributed by atoms with van der Waals surface area (Å²) in [5.41, 5.74) is 2.38. The Morgan fingerprint density at radius 2 is 1.61 bits per heavy atom. The molecule has 1 aliphatic rings. The normalized spacial score (nSPS) is 13.7. The molecule has 2 aromatic rings. The van der Waals surface area contributed by atoms with Crippen LogP contribution in [0.25, 0.3) is 0 Å². The molecule has 0 aromatic heterocycles. The van der Waals surface area contributed by atoms with Crippen LogP contribution in [0.1, 0.15) is 25.0 Å². The minimum atomic E-state index is -3.72. The van der Waals surface area contributed by atoms with Crippen molar-refractivity contribution < 1.29 is 24.1 Å². The number of halogens is 1. The molecule has 28 heavy (non-hydrogen) atoms. The summed E-state index contributed by atoms with van der Waals surface area (Å²) in [6.45, 7) is 4.71. The Balaban J connectivity index is 1.99. The van der Waals surface area contributed by atoms with Crippen molar-refractivity contribution in [1.29, 1.82) is 0 Å². The minimum absolute atomic E-state index is 0.215. The van der Waals surface area contributed by atoms with E-state index in [-0.39, 0.29) is 4.90 Å². The number of carbonyl (C=O) groups excluding carboxylic acids is 2. The van der Waals surface area contributed by atoms with E-state index in [2.05, 4.69) is 0 Å². The number of hydrogen-bond donors (Lipinski definition) is 0. The first-order chi connectivity index (χ1) is 13.2. The molecule has 0 saturated carbocycles. The van der Waals surface area contributed by atoms with Crippen molar-refractivity contribution in [3.05, 3.63) is 57.2 Å². The average Bonchev–Trinajstić information content (AvgIpc) is 3.04. The standard InChI is InChI=1S/C19H20INO6S/c1-13-4-8-18(9-5-13)28(24,25)21-11-10-16-6-7-17(12-19(16)21)20(26-14(2)22)27-15(3)23/h4-9,12H,10-11H2,1-3H3. The molecular formula is C19H20INO6S. The second-order valence-corrected chi connectivity index (χ2v) is 11.5. The van der Waals surface area contributed by atoms with E-state index < -0.39 is 42.6 Å². The molecule has 0 N–H and O–H groups in total. The van der Waals surface area contributed by atoms with Gasteiger partial charge in [-0.05, 0) is 0 Å². The first-order valence-corrected chi connectivity index (χ1v) is 12.8. The van der Waals surface area contributed by atoms with Crippen molar-refractivity contribution in [2.75, 3.05) is 10.8 Å². The molecule has 150 valence electrons. The van der Waals surface area contributed by atoms with Crippen LogP contribution in [-0.4, -0.2) is 26.9 Å². The number of anilines is 1. The van der Waals surface area contributed by atoms with Crippen LogP contribution in [0.15, 0.2) is 47.4 Å². The molecule has 0 aliphatic carbocycles. The maximum atomic E-state index is 13.1. The molecular weight excluding hydrogens is 497 g/mol. The Morgan fingerprint density at radius 3 is 2.18 bits per heavy atom. The fourth-order valence-corrected chi connectivity index (χ4v) is 7.05. The molecule has 0 radical (unpaired) electrons. The second kappa shape index (κ2) is 8.08. The van der Waals surface area contributed by atoms with Gasteiger partial charge in [0, 0.05) is 0 Å². The molecule has 9 heteroatoms. The van der Waals surface area contributed by atoms with E-state index in [1.54, 1.807) is 42.5 Å². The van der Waals surface area contributed by atoms with Crippen molar-refractivity contribution in [2.24, 2.45) is 0 Å². The second-order valence-electron chi connectivity index (χ2n) is 6.27. The van der Waals surface area contributed by atoms with Gasteiger partial charge in [-0.25, -0.2) is 0 Å². The van der Waals surface area contributed by atoms with E-state index in [1.807, 2.05) is 6.92 Å². The fourth-order valence-electron chi connectivity index (χ4n) is 2.81. The summed E-state index contributed by atoms with van der Waals surface area (Å²) < 4.78 is 38.6. The van der Waals surface area contributed by atoms with E-state index in [0.29, 0.717) is 22.2 Å². The summed E-state index contributed by atoms with van der Waals surface area (Å²) in [7, 11) is -3.72. The van der Waals surface area contributed by atoms with Crippen molar-refractivity contribution in [2.45, 2.75) is 32.1 Å². The molecule has 0 atom stereocenters. The fraction of sp³-hybridized carbons (Fsp3) is 0.263. The number of nitrogens with zero attached hydrogens (tertiary/aromatic N) is 1. The summed E-state index contributed by atoms with van der Waals surface area (Å²) >= 11 is -3.03. The number of sulfonamides is 1. The molecule has 0 unspecified atom stereocenters. The van der Waals surface area contributed by atoms with Crippen LogP contribution in [0.3, 0.4) is 0 Å². The number of aryl methyl sites for hydroxylation is 1. The van der Waals surface area contributed by atoms with E-state index in [4.69, 9.17) is 6.13 Å². The molecule has 1 heterocycles. The van der Waals surface area contributed by atoms with Gasteiger partial charge in [-0.3, -0.25) is 0 Å². The van der Waals surface area contributed by atoms with Crippen LogP contribution in [0.4, 0.5) is 5.69 Å². The van der Waals surface area contributed by atoms with E-state index in [0.717, 1.165) is 11.1 Å². The van der Waals surface area contributed by atoms with Gasteiger partial charge in [-0.2, -0.15) is 0 Å². The maximum absolute atomic E-state index is 13.1. The third kappa shape index (κ3) is 4.30. The molecule has 1 aliphatic heterocycles. The number of hydrogen-bond acceptors (Lipinski definition) is 6. The zero-order chi connectivity index (χ0) is 20.5. The van der Waals surface area contributed by atoms with Gasteiger partial charge in [0.25, 0.3) is 0 Å². The first kappa shape index (κ1) is 20.6. The van der Waals surface area contributed by atoms with Crippen LogP contribution in [0.5, 0.6) is 0 Å². The van der Waals surface area contributed by atoms with Crippen LogP contribution in [0.2, 0.25) is 0 Å². The number of carbonyl (C=O) groups is 2. The molecule has 2 aromatic carbocycles. The predicted molar refractivity (Wildman–Crippen MR) is 112 cm³/mol. The Hall–Kier alpha value is -2.14. The summed E-state index contributed by atoms with van der Waals surface area (Å²) in [5, 5.41) is 0. The molecule has 0 spiro atoms. The Labute approximate surface area is 172 Å². The van der Waals surface area contributed by atoms with Gasteiger partial charge in [-0.15, -0.1) is 0 Å². The van der Waals surface area contributed by atoms with Gasteiger partial charge >= 0.3 is 173 Å². The van der Waals surface area contributed by atoms with Crippen LogP contribution in [0, 0.1) is 10.5 Å². The van der Waals surface area contributed by atoms with Gasteiger partial charge in [-0.1, -0.05) is 0 Å². The zero-order valence-electron chi connectivity index (χ0n) is 15.6. The molecule has 3 rings (SSSR count). The number of rotatable bonds is 5.